The van der Waals surface area contributed by atoms with Crippen molar-refractivity contribution in [2.75, 3.05) is 34.3 Å². The average Bonchev–Trinajstić information content (AvgIpc) is 2.90. The fourth-order valence-electron chi connectivity index (χ4n) is 3.34. The number of nitrogens with zero attached hydrogens (tertiary/aromatic N) is 1. The van der Waals surface area contributed by atoms with E-state index in [-0.39, 0.29) is 12.4 Å². The molecule has 138 valence electrons. The molecule has 1 aliphatic rings. The van der Waals surface area contributed by atoms with Crippen LogP contribution in [0.5, 0.6) is 0 Å². The lowest BCUT2D eigenvalue weighted by Gasteiger charge is -2.26. The molecule has 0 aromatic heterocycles. The molecule has 1 saturated heterocycles. The third-order valence-corrected chi connectivity index (χ3v) is 4.61. The SMILES string of the molecule is CCCCCCCCCCCCCC1OCC(C[N+](C)(C)C)O1. The van der Waals surface area contributed by atoms with Gasteiger partial charge in [-0.05, 0) is 12.8 Å². The molecule has 2 unspecified atom stereocenters. The van der Waals surface area contributed by atoms with Crippen molar-refractivity contribution in [3.8, 4) is 0 Å². The summed E-state index contributed by atoms with van der Waals surface area (Å²) < 4.78 is 12.7. The quantitative estimate of drug-likeness (QED) is 0.325. The zero-order valence-corrected chi connectivity index (χ0v) is 16.3. The van der Waals surface area contributed by atoms with Crippen LogP contribution in [0, 0.1) is 0 Å². The number of unbranched alkanes of at least 4 members (excludes halogenated alkanes) is 10. The van der Waals surface area contributed by atoms with Crippen LogP contribution in [0.25, 0.3) is 0 Å². The van der Waals surface area contributed by atoms with E-state index in [0.717, 1.165) is 24.1 Å². The van der Waals surface area contributed by atoms with Gasteiger partial charge in [-0.25, -0.2) is 0 Å². The van der Waals surface area contributed by atoms with Gasteiger partial charge in [0.1, 0.15) is 12.6 Å². The van der Waals surface area contributed by atoms with Crippen molar-refractivity contribution >= 4 is 0 Å². The summed E-state index contributed by atoms with van der Waals surface area (Å²) in [5.74, 6) is 0. The standard InChI is InChI=1S/C20H42NO2/c1-5-6-7-8-9-10-11-12-13-14-15-16-20-22-18-19(23-20)17-21(2,3)4/h19-20H,5-18H2,1-4H3/q+1. The molecule has 23 heavy (non-hydrogen) atoms. The van der Waals surface area contributed by atoms with Crippen molar-refractivity contribution < 1.29 is 14.0 Å². The number of ether oxygens (including phenoxy) is 2. The molecule has 0 N–H and O–H groups in total. The van der Waals surface area contributed by atoms with Crippen molar-refractivity contribution in [2.24, 2.45) is 0 Å². The summed E-state index contributed by atoms with van der Waals surface area (Å²) in [6.07, 6.45) is 16.7. The smallest absolute Gasteiger partial charge is 0.158 e. The average molecular weight is 329 g/mol. The predicted octanol–water partition coefficient (Wildman–Crippen LogP) is 5.14. The van der Waals surface area contributed by atoms with Crippen LogP contribution in [0.2, 0.25) is 0 Å². The third kappa shape index (κ3) is 12.0. The number of quaternary nitrogens is 1. The van der Waals surface area contributed by atoms with E-state index in [0.29, 0.717) is 0 Å². The van der Waals surface area contributed by atoms with Gasteiger partial charge in [-0.15, -0.1) is 0 Å². The van der Waals surface area contributed by atoms with Gasteiger partial charge in [0.05, 0.1) is 27.7 Å². The first-order chi connectivity index (χ1) is 11.0. The Morgan fingerprint density at radius 1 is 0.783 bits per heavy atom. The number of hydrogen-bond donors (Lipinski definition) is 0. The fourth-order valence-corrected chi connectivity index (χ4v) is 3.34. The molecule has 1 rings (SSSR count). The normalized spacial score (nSPS) is 21.9. The lowest BCUT2D eigenvalue weighted by atomic mass is 10.1. The summed E-state index contributed by atoms with van der Waals surface area (Å²) in [5.41, 5.74) is 0. The molecular formula is C20H42NO2+. The van der Waals surface area contributed by atoms with E-state index in [1.165, 1.54) is 70.6 Å². The first kappa shape index (κ1) is 20.9. The molecule has 1 heterocycles. The van der Waals surface area contributed by atoms with Crippen molar-refractivity contribution in [3.63, 3.8) is 0 Å². The summed E-state index contributed by atoms with van der Waals surface area (Å²) in [4.78, 5) is 0. The van der Waals surface area contributed by atoms with Crippen LogP contribution in [0.15, 0.2) is 0 Å². The molecule has 0 bridgehead atoms. The van der Waals surface area contributed by atoms with Gasteiger partial charge in [0.2, 0.25) is 0 Å². The monoisotopic (exact) mass is 328 g/mol. The number of hydrogen-bond acceptors (Lipinski definition) is 2. The van der Waals surface area contributed by atoms with Crippen LogP contribution in [0.4, 0.5) is 0 Å². The Kier molecular flexibility index (Phi) is 11.2. The zero-order chi connectivity index (χ0) is 17.0. The minimum absolute atomic E-state index is 0.0603. The van der Waals surface area contributed by atoms with Gasteiger partial charge in [0.15, 0.2) is 6.29 Å². The third-order valence-electron chi connectivity index (χ3n) is 4.61. The lowest BCUT2D eigenvalue weighted by molar-refractivity contribution is -0.873. The maximum atomic E-state index is 5.99. The Morgan fingerprint density at radius 3 is 1.83 bits per heavy atom. The van der Waals surface area contributed by atoms with Gasteiger partial charge < -0.3 is 14.0 Å². The van der Waals surface area contributed by atoms with E-state index in [2.05, 4.69) is 28.1 Å². The first-order valence-corrected chi connectivity index (χ1v) is 10.1. The Labute approximate surface area is 145 Å². The summed E-state index contributed by atoms with van der Waals surface area (Å²) in [6, 6.07) is 0. The molecule has 2 atom stereocenters. The van der Waals surface area contributed by atoms with Gasteiger partial charge in [-0.3, -0.25) is 0 Å². The Bertz CT molecular complexity index is 275. The van der Waals surface area contributed by atoms with Gasteiger partial charge in [-0.2, -0.15) is 0 Å². The largest absolute Gasteiger partial charge is 0.350 e. The molecule has 3 nitrogen and oxygen atoms in total. The van der Waals surface area contributed by atoms with E-state index in [4.69, 9.17) is 9.47 Å². The minimum Gasteiger partial charge on any atom is -0.350 e. The van der Waals surface area contributed by atoms with E-state index in [1.54, 1.807) is 0 Å². The van der Waals surface area contributed by atoms with Crippen molar-refractivity contribution in [1.29, 1.82) is 0 Å². The van der Waals surface area contributed by atoms with E-state index >= 15 is 0 Å². The fraction of sp³-hybridized carbons (Fsp3) is 1.00. The molecule has 0 amide bonds. The summed E-state index contributed by atoms with van der Waals surface area (Å²) in [7, 11) is 6.63. The second kappa shape index (κ2) is 12.3. The molecule has 1 aliphatic heterocycles. The Hall–Kier alpha value is -0.120. The van der Waals surface area contributed by atoms with Crippen molar-refractivity contribution in [1.82, 2.24) is 0 Å². The predicted molar refractivity (Wildman–Crippen MR) is 98.6 cm³/mol. The van der Waals surface area contributed by atoms with Crippen LogP contribution >= 0.6 is 0 Å². The molecule has 1 fully saturated rings. The molecule has 0 spiro atoms. The van der Waals surface area contributed by atoms with Crippen LogP contribution in [-0.2, 0) is 9.47 Å². The summed E-state index contributed by atoms with van der Waals surface area (Å²) in [6.45, 7) is 4.10. The highest BCUT2D eigenvalue weighted by Crippen LogP contribution is 2.19. The lowest BCUT2D eigenvalue weighted by Crippen LogP contribution is -2.42. The van der Waals surface area contributed by atoms with E-state index in [9.17, 15) is 0 Å². The highest BCUT2D eigenvalue weighted by Gasteiger charge is 2.29. The molecule has 0 aliphatic carbocycles. The molecule has 3 heteroatoms. The second-order valence-corrected chi connectivity index (χ2v) is 8.32. The molecule has 0 saturated carbocycles. The molecule has 0 aromatic rings. The first-order valence-electron chi connectivity index (χ1n) is 10.1. The van der Waals surface area contributed by atoms with Crippen LogP contribution in [0.1, 0.15) is 84.0 Å². The van der Waals surface area contributed by atoms with Gasteiger partial charge in [-0.1, -0.05) is 71.1 Å². The van der Waals surface area contributed by atoms with E-state index in [1.807, 2.05) is 0 Å². The topological polar surface area (TPSA) is 18.5 Å². The maximum Gasteiger partial charge on any atom is 0.158 e. The van der Waals surface area contributed by atoms with Crippen molar-refractivity contribution in [2.45, 2.75) is 96.4 Å². The van der Waals surface area contributed by atoms with Crippen molar-refractivity contribution in [3.05, 3.63) is 0 Å². The van der Waals surface area contributed by atoms with Crippen LogP contribution in [-0.4, -0.2) is 51.2 Å². The molecule has 0 aromatic carbocycles. The van der Waals surface area contributed by atoms with Gasteiger partial charge >= 0.3 is 0 Å². The number of likely N-dealkylation sites (N-methyl/N-ethyl adjacent to an activating group) is 1. The number of rotatable bonds is 14. The van der Waals surface area contributed by atoms with Gasteiger partial charge in [0, 0.05) is 0 Å². The molecule has 0 radical (unpaired) electrons. The Balaban J connectivity index is 1.85. The highest BCUT2D eigenvalue weighted by molar-refractivity contribution is 4.65. The molecular weight excluding hydrogens is 286 g/mol. The Morgan fingerprint density at radius 2 is 1.30 bits per heavy atom. The minimum atomic E-state index is 0.0603. The van der Waals surface area contributed by atoms with Crippen LogP contribution < -0.4 is 0 Å². The zero-order valence-electron chi connectivity index (χ0n) is 16.3. The summed E-state index contributed by atoms with van der Waals surface area (Å²) in [5, 5.41) is 0. The highest BCUT2D eigenvalue weighted by atomic mass is 16.7. The van der Waals surface area contributed by atoms with E-state index < -0.39 is 0 Å². The second-order valence-electron chi connectivity index (χ2n) is 8.32. The maximum absolute atomic E-state index is 5.99. The van der Waals surface area contributed by atoms with Crippen LogP contribution in [0.3, 0.4) is 0 Å². The summed E-state index contributed by atoms with van der Waals surface area (Å²) >= 11 is 0. The van der Waals surface area contributed by atoms with Gasteiger partial charge in [0.25, 0.3) is 0 Å².